The van der Waals surface area contributed by atoms with Crippen LogP contribution in [-0.2, 0) is 0 Å². The summed E-state index contributed by atoms with van der Waals surface area (Å²) in [5.74, 6) is 0.208. The van der Waals surface area contributed by atoms with Crippen LogP contribution >= 0.6 is 0 Å². The molecule has 0 amide bonds. The van der Waals surface area contributed by atoms with Gasteiger partial charge in [0.2, 0.25) is 0 Å². The van der Waals surface area contributed by atoms with Gasteiger partial charge in [0.05, 0.1) is 0 Å². The van der Waals surface area contributed by atoms with Crippen LogP contribution in [0.15, 0.2) is 85.5 Å². The molecule has 0 aliphatic rings. The molecule has 3 aromatic rings. The van der Waals surface area contributed by atoms with Crippen molar-refractivity contribution < 1.29 is 4.79 Å². The number of carbonyl (C=O) groups is 1. The van der Waals surface area contributed by atoms with Gasteiger partial charge in [-0.25, -0.2) is 0 Å². The number of benzene rings is 3. The Labute approximate surface area is 130 Å². The van der Waals surface area contributed by atoms with Crippen LogP contribution in [0.25, 0.3) is 10.8 Å². The molecule has 0 spiro atoms. The topological polar surface area (TPSA) is 17.1 Å². The van der Waals surface area contributed by atoms with Crippen molar-refractivity contribution in [3.8, 4) is 0 Å². The van der Waals surface area contributed by atoms with E-state index in [1.54, 1.807) is 0 Å². The lowest BCUT2D eigenvalue weighted by molar-refractivity contribution is 0.0978. The maximum absolute atomic E-state index is 12.6. The first-order valence-corrected chi connectivity index (χ1v) is 7.47. The maximum atomic E-state index is 12.6. The van der Waals surface area contributed by atoms with E-state index in [0.29, 0.717) is 6.42 Å². The molecule has 3 aromatic carbocycles. The van der Waals surface area contributed by atoms with Gasteiger partial charge in [-0.1, -0.05) is 72.8 Å². The van der Waals surface area contributed by atoms with E-state index in [1.807, 2.05) is 72.8 Å². The molecule has 0 bridgehead atoms. The van der Waals surface area contributed by atoms with Crippen molar-refractivity contribution in [2.45, 2.75) is 12.3 Å². The maximum Gasteiger partial charge on any atom is 0.163 e. The molecule has 1 atom stereocenters. The Balaban J connectivity index is 1.84. The Morgan fingerprint density at radius 2 is 1.59 bits per heavy atom. The van der Waals surface area contributed by atoms with Crippen molar-refractivity contribution in [3.63, 3.8) is 0 Å². The van der Waals surface area contributed by atoms with E-state index in [2.05, 4.69) is 12.6 Å². The second-order valence-corrected chi connectivity index (χ2v) is 5.44. The van der Waals surface area contributed by atoms with Crippen LogP contribution in [0.4, 0.5) is 0 Å². The van der Waals surface area contributed by atoms with Crippen molar-refractivity contribution in [2.75, 3.05) is 0 Å². The monoisotopic (exact) mass is 286 g/mol. The SMILES string of the molecule is C=CC(CC(=O)c1ccc2ccccc2c1)c1ccccc1. The third kappa shape index (κ3) is 2.99. The lowest BCUT2D eigenvalue weighted by Gasteiger charge is -2.12. The summed E-state index contributed by atoms with van der Waals surface area (Å²) in [6.07, 6.45) is 2.31. The highest BCUT2D eigenvalue weighted by Gasteiger charge is 2.14. The summed E-state index contributed by atoms with van der Waals surface area (Å²) in [6, 6.07) is 24.0. The van der Waals surface area contributed by atoms with Crippen LogP contribution in [0.3, 0.4) is 0 Å². The fourth-order valence-corrected chi connectivity index (χ4v) is 2.72. The molecular weight excluding hydrogens is 268 g/mol. The number of hydrogen-bond acceptors (Lipinski definition) is 1. The van der Waals surface area contributed by atoms with Gasteiger partial charge >= 0.3 is 0 Å². The molecule has 0 saturated carbocycles. The number of hydrogen-bond donors (Lipinski definition) is 0. The average molecular weight is 286 g/mol. The predicted octanol–water partition coefficient (Wildman–Crippen LogP) is 5.38. The minimum Gasteiger partial charge on any atom is -0.294 e. The average Bonchev–Trinajstić information content (AvgIpc) is 2.59. The van der Waals surface area contributed by atoms with E-state index in [1.165, 1.54) is 0 Å². The molecule has 0 aliphatic heterocycles. The number of carbonyl (C=O) groups excluding carboxylic acids is 1. The van der Waals surface area contributed by atoms with E-state index in [9.17, 15) is 4.79 Å². The summed E-state index contributed by atoms with van der Waals surface area (Å²) in [6.45, 7) is 3.88. The summed E-state index contributed by atoms with van der Waals surface area (Å²) in [4.78, 5) is 12.6. The Kier molecular flexibility index (Phi) is 4.15. The molecule has 108 valence electrons. The Bertz CT molecular complexity index is 802. The number of ketones is 1. The fraction of sp³-hybridized carbons (Fsp3) is 0.0952. The molecule has 0 heterocycles. The van der Waals surface area contributed by atoms with Gasteiger partial charge in [-0.05, 0) is 22.4 Å². The van der Waals surface area contributed by atoms with E-state index in [4.69, 9.17) is 0 Å². The standard InChI is InChI=1S/C21H18O/c1-2-16(17-8-4-3-5-9-17)15-21(22)20-13-12-18-10-6-7-11-19(18)14-20/h2-14,16H,1,15H2. The summed E-state index contributed by atoms with van der Waals surface area (Å²) in [5, 5.41) is 2.26. The molecule has 1 heteroatoms. The highest BCUT2D eigenvalue weighted by atomic mass is 16.1. The minimum absolute atomic E-state index is 0.0557. The fourth-order valence-electron chi connectivity index (χ4n) is 2.72. The number of fused-ring (bicyclic) bond motifs is 1. The second kappa shape index (κ2) is 6.40. The number of allylic oxidation sites excluding steroid dienone is 1. The van der Waals surface area contributed by atoms with Gasteiger partial charge in [-0.3, -0.25) is 4.79 Å². The highest BCUT2D eigenvalue weighted by molar-refractivity contribution is 6.00. The number of rotatable bonds is 5. The van der Waals surface area contributed by atoms with E-state index < -0.39 is 0 Å². The summed E-state index contributed by atoms with van der Waals surface area (Å²) in [7, 11) is 0. The predicted molar refractivity (Wildman–Crippen MR) is 92.3 cm³/mol. The van der Waals surface area contributed by atoms with Crippen LogP contribution in [0.5, 0.6) is 0 Å². The third-order valence-corrected chi connectivity index (χ3v) is 3.99. The van der Waals surface area contributed by atoms with E-state index >= 15 is 0 Å². The Hall–Kier alpha value is -2.67. The molecule has 0 saturated heterocycles. The molecule has 1 nitrogen and oxygen atoms in total. The van der Waals surface area contributed by atoms with Gasteiger partial charge in [-0.2, -0.15) is 0 Å². The quantitative estimate of drug-likeness (QED) is 0.454. The van der Waals surface area contributed by atoms with Gasteiger partial charge in [0, 0.05) is 17.9 Å². The van der Waals surface area contributed by atoms with Crippen LogP contribution in [0, 0.1) is 0 Å². The lowest BCUT2D eigenvalue weighted by Crippen LogP contribution is -2.05. The van der Waals surface area contributed by atoms with Gasteiger partial charge in [0.25, 0.3) is 0 Å². The smallest absolute Gasteiger partial charge is 0.163 e. The van der Waals surface area contributed by atoms with Gasteiger partial charge in [0.15, 0.2) is 5.78 Å². The molecule has 0 aliphatic carbocycles. The summed E-state index contributed by atoms with van der Waals surface area (Å²) < 4.78 is 0. The molecule has 1 unspecified atom stereocenters. The molecule has 0 N–H and O–H groups in total. The van der Waals surface area contributed by atoms with E-state index in [-0.39, 0.29) is 11.7 Å². The van der Waals surface area contributed by atoms with Gasteiger partial charge in [-0.15, -0.1) is 6.58 Å². The van der Waals surface area contributed by atoms with Gasteiger partial charge < -0.3 is 0 Å². The minimum atomic E-state index is 0.0557. The lowest BCUT2D eigenvalue weighted by atomic mass is 9.91. The third-order valence-electron chi connectivity index (χ3n) is 3.99. The van der Waals surface area contributed by atoms with Crippen molar-refractivity contribution in [1.29, 1.82) is 0 Å². The summed E-state index contributed by atoms with van der Waals surface area (Å²) in [5.41, 5.74) is 1.90. The number of Topliss-reactive ketones (excluding diaryl/α,β-unsaturated/α-hetero) is 1. The zero-order valence-electron chi connectivity index (χ0n) is 12.4. The Morgan fingerprint density at radius 3 is 2.32 bits per heavy atom. The van der Waals surface area contributed by atoms with Gasteiger partial charge in [0.1, 0.15) is 0 Å². The molecular formula is C21H18O. The zero-order chi connectivity index (χ0) is 15.4. The molecule has 22 heavy (non-hydrogen) atoms. The first-order chi connectivity index (χ1) is 10.8. The molecule has 0 aromatic heterocycles. The molecule has 0 fully saturated rings. The van der Waals surface area contributed by atoms with E-state index in [0.717, 1.165) is 21.9 Å². The van der Waals surface area contributed by atoms with Crippen molar-refractivity contribution >= 4 is 16.6 Å². The van der Waals surface area contributed by atoms with Crippen LogP contribution in [0.2, 0.25) is 0 Å². The largest absolute Gasteiger partial charge is 0.294 e. The Morgan fingerprint density at radius 1 is 0.909 bits per heavy atom. The van der Waals surface area contributed by atoms with Crippen LogP contribution < -0.4 is 0 Å². The first kappa shape index (κ1) is 14.3. The van der Waals surface area contributed by atoms with Crippen LogP contribution in [-0.4, -0.2) is 5.78 Å². The van der Waals surface area contributed by atoms with Crippen LogP contribution in [0.1, 0.15) is 28.3 Å². The second-order valence-electron chi connectivity index (χ2n) is 5.44. The van der Waals surface area contributed by atoms with Crippen molar-refractivity contribution in [2.24, 2.45) is 0 Å². The van der Waals surface area contributed by atoms with Crippen molar-refractivity contribution in [1.82, 2.24) is 0 Å². The molecule has 0 radical (unpaired) electrons. The summed E-state index contributed by atoms with van der Waals surface area (Å²) >= 11 is 0. The highest BCUT2D eigenvalue weighted by Crippen LogP contribution is 2.24. The normalized spacial score (nSPS) is 12.0. The zero-order valence-corrected chi connectivity index (χ0v) is 12.4. The molecule has 3 rings (SSSR count). The van der Waals surface area contributed by atoms with Crippen molar-refractivity contribution in [3.05, 3.63) is 96.6 Å². The first-order valence-electron chi connectivity index (χ1n) is 7.47.